The molecule has 2 rings (SSSR count). The van der Waals surface area contributed by atoms with Gasteiger partial charge in [-0.3, -0.25) is 0 Å². The minimum atomic E-state index is 0.577. The van der Waals surface area contributed by atoms with Gasteiger partial charge in [0.15, 0.2) is 0 Å². The zero-order chi connectivity index (χ0) is 11.5. The molecule has 2 heteroatoms. The Labute approximate surface area is 98.7 Å². The molecule has 16 heavy (non-hydrogen) atoms. The summed E-state index contributed by atoms with van der Waals surface area (Å²) >= 11 is 0. The topological polar surface area (TPSA) is 15.3 Å². The fraction of sp³-hybridized carbons (Fsp3) is 0.571. The monoisotopic (exact) mass is 218 g/mol. The maximum Gasteiger partial charge on any atom is 0.0386 e. The molecule has 2 nitrogen and oxygen atoms in total. The van der Waals surface area contributed by atoms with Gasteiger partial charge in [-0.15, -0.1) is 0 Å². The number of hydrogen-bond donors (Lipinski definition) is 1. The van der Waals surface area contributed by atoms with Crippen molar-refractivity contribution >= 4 is 5.69 Å². The molecule has 1 heterocycles. The van der Waals surface area contributed by atoms with Crippen LogP contribution in [-0.2, 0) is 0 Å². The Morgan fingerprint density at radius 1 is 1.19 bits per heavy atom. The van der Waals surface area contributed by atoms with Crippen LogP contribution in [0.4, 0.5) is 5.69 Å². The lowest BCUT2D eigenvalue weighted by Gasteiger charge is -2.29. The quantitative estimate of drug-likeness (QED) is 0.779. The summed E-state index contributed by atoms with van der Waals surface area (Å²) in [7, 11) is 0. The summed E-state index contributed by atoms with van der Waals surface area (Å²) in [6.07, 6.45) is 1.22. The normalized spacial score (nSPS) is 26.6. The predicted octanol–water partition coefficient (Wildman–Crippen LogP) is 2.57. The second kappa shape index (κ2) is 4.88. The van der Waals surface area contributed by atoms with Gasteiger partial charge in [-0.25, -0.2) is 0 Å². The van der Waals surface area contributed by atoms with Crippen LogP contribution < -0.4 is 10.2 Å². The molecule has 1 aromatic rings. The van der Waals surface area contributed by atoms with Gasteiger partial charge in [0.25, 0.3) is 0 Å². The van der Waals surface area contributed by atoms with Crippen LogP contribution in [0.15, 0.2) is 24.3 Å². The van der Waals surface area contributed by atoms with E-state index in [0.717, 1.165) is 13.1 Å². The predicted molar refractivity (Wildman–Crippen MR) is 70.1 cm³/mol. The highest BCUT2D eigenvalue weighted by Gasteiger charge is 2.19. The summed E-state index contributed by atoms with van der Waals surface area (Å²) in [5, 5.41) is 3.56. The van der Waals surface area contributed by atoms with Crippen LogP contribution in [0.3, 0.4) is 0 Å². The first-order chi connectivity index (χ1) is 7.66. The second-order valence-corrected chi connectivity index (χ2v) is 4.98. The third-order valence-corrected chi connectivity index (χ3v) is 3.46. The zero-order valence-corrected chi connectivity index (χ0v) is 10.5. The van der Waals surface area contributed by atoms with Crippen LogP contribution in [0.5, 0.6) is 0 Å². The highest BCUT2D eigenvalue weighted by atomic mass is 15.2. The van der Waals surface area contributed by atoms with E-state index in [1.807, 2.05) is 0 Å². The van der Waals surface area contributed by atoms with Gasteiger partial charge in [-0.2, -0.15) is 0 Å². The van der Waals surface area contributed by atoms with E-state index in [4.69, 9.17) is 0 Å². The first kappa shape index (κ1) is 11.5. The van der Waals surface area contributed by atoms with E-state index in [-0.39, 0.29) is 0 Å². The fourth-order valence-electron chi connectivity index (χ4n) is 2.26. The molecule has 1 aliphatic rings. The SMILES string of the molecule is Cc1ccc(N2CCC(C)NCC2C)cc1. The van der Waals surface area contributed by atoms with Crippen molar-refractivity contribution in [1.29, 1.82) is 0 Å². The van der Waals surface area contributed by atoms with Crippen LogP contribution in [0.25, 0.3) is 0 Å². The van der Waals surface area contributed by atoms with Gasteiger partial charge in [0, 0.05) is 30.9 Å². The Morgan fingerprint density at radius 2 is 1.88 bits per heavy atom. The van der Waals surface area contributed by atoms with E-state index in [0.29, 0.717) is 12.1 Å². The van der Waals surface area contributed by atoms with Crippen molar-refractivity contribution in [2.75, 3.05) is 18.0 Å². The first-order valence-electron chi connectivity index (χ1n) is 6.23. The van der Waals surface area contributed by atoms with Crippen molar-refractivity contribution in [1.82, 2.24) is 5.32 Å². The van der Waals surface area contributed by atoms with E-state index in [9.17, 15) is 0 Å². The Bertz CT molecular complexity index is 331. The van der Waals surface area contributed by atoms with Crippen molar-refractivity contribution in [2.45, 2.75) is 39.3 Å². The molecular weight excluding hydrogens is 196 g/mol. The van der Waals surface area contributed by atoms with Crippen LogP contribution >= 0.6 is 0 Å². The van der Waals surface area contributed by atoms with Crippen LogP contribution in [0.1, 0.15) is 25.8 Å². The smallest absolute Gasteiger partial charge is 0.0386 e. The van der Waals surface area contributed by atoms with Gasteiger partial charge < -0.3 is 10.2 Å². The Balaban J connectivity index is 2.15. The summed E-state index contributed by atoms with van der Waals surface area (Å²) in [5.74, 6) is 0. The number of nitrogens with one attached hydrogen (secondary N) is 1. The summed E-state index contributed by atoms with van der Waals surface area (Å²) in [5.41, 5.74) is 2.69. The van der Waals surface area contributed by atoms with Crippen LogP contribution in [-0.4, -0.2) is 25.2 Å². The molecule has 0 spiro atoms. The van der Waals surface area contributed by atoms with Gasteiger partial charge in [0.2, 0.25) is 0 Å². The van der Waals surface area contributed by atoms with Crippen LogP contribution in [0.2, 0.25) is 0 Å². The highest BCUT2D eigenvalue weighted by Crippen LogP contribution is 2.20. The Kier molecular flexibility index (Phi) is 3.49. The number of rotatable bonds is 1. The molecule has 88 valence electrons. The molecule has 1 fully saturated rings. The molecule has 0 amide bonds. The average Bonchev–Trinajstić information content (AvgIpc) is 2.44. The van der Waals surface area contributed by atoms with Gasteiger partial charge in [0.1, 0.15) is 0 Å². The summed E-state index contributed by atoms with van der Waals surface area (Å²) in [4.78, 5) is 2.51. The molecule has 0 saturated carbocycles. The molecule has 1 N–H and O–H groups in total. The maximum atomic E-state index is 3.56. The standard InChI is InChI=1S/C14H22N2/c1-11-4-6-14(7-5-11)16-9-8-12(2)15-10-13(16)3/h4-7,12-13,15H,8-10H2,1-3H3. The van der Waals surface area contributed by atoms with Gasteiger partial charge in [-0.1, -0.05) is 17.7 Å². The number of aryl methyl sites for hydroxylation is 1. The first-order valence-corrected chi connectivity index (χ1v) is 6.23. The largest absolute Gasteiger partial charge is 0.367 e. The lowest BCUT2D eigenvalue weighted by atomic mass is 10.1. The van der Waals surface area contributed by atoms with Crippen LogP contribution in [0, 0.1) is 6.92 Å². The molecule has 1 saturated heterocycles. The van der Waals surface area contributed by atoms with Crippen molar-refractivity contribution < 1.29 is 0 Å². The molecule has 2 unspecified atom stereocenters. The summed E-state index contributed by atoms with van der Waals surface area (Å²) < 4.78 is 0. The molecule has 2 atom stereocenters. The third kappa shape index (κ3) is 2.56. The van der Waals surface area contributed by atoms with E-state index < -0.39 is 0 Å². The number of anilines is 1. The van der Waals surface area contributed by atoms with Crippen molar-refractivity contribution in [3.05, 3.63) is 29.8 Å². The summed E-state index contributed by atoms with van der Waals surface area (Å²) in [6.45, 7) is 8.93. The molecule has 0 aromatic heterocycles. The van der Waals surface area contributed by atoms with Crippen molar-refractivity contribution in [3.8, 4) is 0 Å². The molecule has 1 aromatic carbocycles. The van der Waals surface area contributed by atoms with Gasteiger partial charge in [0.05, 0.1) is 0 Å². The zero-order valence-electron chi connectivity index (χ0n) is 10.5. The fourth-order valence-corrected chi connectivity index (χ4v) is 2.26. The highest BCUT2D eigenvalue weighted by molar-refractivity contribution is 5.48. The Morgan fingerprint density at radius 3 is 2.56 bits per heavy atom. The molecule has 0 radical (unpaired) electrons. The molecular formula is C14H22N2. The number of nitrogens with zero attached hydrogens (tertiary/aromatic N) is 1. The summed E-state index contributed by atoms with van der Waals surface area (Å²) in [6, 6.07) is 10.1. The van der Waals surface area contributed by atoms with E-state index in [1.165, 1.54) is 17.7 Å². The van der Waals surface area contributed by atoms with Gasteiger partial charge >= 0.3 is 0 Å². The average molecular weight is 218 g/mol. The van der Waals surface area contributed by atoms with E-state index in [1.54, 1.807) is 0 Å². The van der Waals surface area contributed by atoms with Crippen molar-refractivity contribution in [3.63, 3.8) is 0 Å². The molecule has 1 aliphatic heterocycles. The lowest BCUT2D eigenvalue weighted by molar-refractivity contribution is 0.548. The van der Waals surface area contributed by atoms with Gasteiger partial charge in [-0.05, 0) is 39.3 Å². The third-order valence-electron chi connectivity index (χ3n) is 3.46. The maximum absolute atomic E-state index is 3.56. The Hall–Kier alpha value is -1.02. The van der Waals surface area contributed by atoms with Crippen molar-refractivity contribution in [2.24, 2.45) is 0 Å². The lowest BCUT2D eigenvalue weighted by Crippen LogP contribution is -2.37. The van der Waals surface area contributed by atoms with E-state index >= 15 is 0 Å². The minimum Gasteiger partial charge on any atom is -0.367 e. The number of benzene rings is 1. The molecule has 0 aliphatic carbocycles. The number of hydrogen-bond acceptors (Lipinski definition) is 2. The van der Waals surface area contributed by atoms with E-state index in [2.05, 4.69) is 55.3 Å². The molecule has 0 bridgehead atoms. The minimum absolute atomic E-state index is 0.577. The second-order valence-electron chi connectivity index (χ2n) is 4.98.